The molecule has 0 amide bonds. The minimum absolute atomic E-state index is 0.318. The van der Waals surface area contributed by atoms with Crippen molar-refractivity contribution in [2.24, 2.45) is 5.92 Å². The van der Waals surface area contributed by atoms with Gasteiger partial charge in [-0.25, -0.2) is 12.7 Å². The summed E-state index contributed by atoms with van der Waals surface area (Å²) in [6.07, 6.45) is 1.96. The van der Waals surface area contributed by atoms with Crippen LogP contribution in [0.25, 0.3) is 0 Å². The highest BCUT2D eigenvalue weighted by molar-refractivity contribution is 7.89. The van der Waals surface area contributed by atoms with Gasteiger partial charge >= 0.3 is 0 Å². The Kier molecular flexibility index (Phi) is 7.19. The zero-order valence-corrected chi connectivity index (χ0v) is 11.6. The normalized spacial score (nSPS) is 14.7. The van der Waals surface area contributed by atoms with Gasteiger partial charge in [0.2, 0.25) is 10.0 Å². The summed E-state index contributed by atoms with van der Waals surface area (Å²) in [6, 6.07) is 0. The first-order valence-corrected chi connectivity index (χ1v) is 7.54. The van der Waals surface area contributed by atoms with Crippen molar-refractivity contribution in [3.05, 3.63) is 0 Å². The minimum atomic E-state index is -3.33. The molecule has 1 atom stereocenters. The van der Waals surface area contributed by atoms with E-state index in [4.69, 9.17) is 5.11 Å². The Bertz CT molecular complexity index is 273. The van der Waals surface area contributed by atoms with Crippen molar-refractivity contribution in [1.82, 2.24) is 4.31 Å². The maximum Gasteiger partial charge on any atom is 0.218 e. The van der Waals surface area contributed by atoms with Crippen molar-refractivity contribution in [1.29, 1.82) is 0 Å². The van der Waals surface area contributed by atoms with Gasteiger partial charge in [-0.05, 0) is 12.8 Å². The molecule has 0 rings (SSSR count). The van der Waals surface area contributed by atoms with Gasteiger partial charge in [0.1, 0.15) is 0 Å². The van der Waals surface area contributed by atoms with Crippen molar-refractivity contribution in [3.8, 4) is 0 Å². The summed E-state index contributed by atoms with van der Waals surface area (Å²) >= 11 is 0. The number of sulfonamides is 1. The molecular formula is C11H25NO3S. The average Bonchev–Trinajstić information content (AvgIpc) is 2.29. The van der Waals surface area contributed by atoms with E-state index in [1.54, 1.807) is 6.92 Å². The van der Waals surface area contributed by atoms with Crippen LogP contribution >= 0.6 is 0 Å². The zero-order valence-electron chi connectivity index (χ0n) is 10.8. The fraction of sp³-hybridized carbons (Fsp3) is 1.00. The highest BCUT2D eigenvalue weighted by Crippen LogP contribution is 2.15. The molecule has 1 N–H and O–H groups in total. The van der Waals surface area contributed by atoms with Crippen molar-refractivity contribution < 1.29 is 13.5 Å². The summed E-state index contributed by atoms with van der Waals surface area (Å²) in [5, 5.41) is 8.25. The SMILES string of the molecule is CCC(CC)CN(CC)S(=O)(=O)C(C)CO. The Labute approximate surface area is 99.7 Å². The lowest BCUT2D eigenvalue weighted by Crippen LogP contribution is -2.41. The third-order valence-electron chi connectivity index (χ3n) is 3.09. The van der Waals surface area contributed by atoms with Gasteiger partial charge in [-0.15, -0.1) is 0 Å². The zero-order chi connectivity index (χ0) is 12.8. The van der Waals surface area contributed by atoms with Gasteiger partial charge in [-0.3, -0.25) is 0 Å². The number of aliphatic hydroxyl groups is 1. The number of hydrogen-bond acceptors (Lipinski definition) is 3. The Balaban J connectivity index is 4.72. The molecular weight excluding hydrogens is 226 g/mol. The van der Waals surface area contributed by atoms with Crippen LogP contribution in [-0.2, 0) is 10.0 Å². The second-order valence-electron chi connectivity index (χ2n) is 4.17. The molecule has 0 heterocycles. The maximum atomic E-state index is 12.0. The maximum absolute atomic E-state index is 12.0. The summed E-state index contributed by atoms with van der Waals surface area (Å²) in [7, 11) is -3.33. The van der Waals surface area contributed by atoms with Crippen LogP contribution < -0.4 is 0 Å². The summed E-state index contributed by atoms with van der Waals surface area (Å²) in [6.45, 7) is 8.25. The lowest BCUT2D eigenvalue weighted by Gasteiger charge is -2.27. The third kappa shape index (κ3) is 4.03. The fourth-order valence-electron chi connectivity index (χ4n) is 1.60. The van der Waals surface area contributed by atoms with Crippen LogP contribution in [0.15, 0.2) is 0 Å². The lowest BCUT2D eigenvalue weighted by molar-refractivity contribution is 0.283. The molecule has 0 spiro atoms. The van der Waals surface area contributed by atoms with E-state index in [0.717, 1.165) is 12.8 Å². The van der Waals surface area contributed by atoms with E-state index >= 15 is 0 Å². The first-order valence-electron chi connectivity index (χ1n) is 6.03. The summed E-state index contributed by atoms with van der Waals surface area (Å²) < 4.78 is 25.5. The number of rotatable bonds is 8. The van der Waals surface area contributed by atoms with E-state index in [2.05, 4.69) is 13.8 Å². The number of aliphatic hydroxyl groups excluding tert-OH is 1. The summed E-state index contributed by atoms with van der Waals surface area (Å²) in [5.74, 6) is 0.403. The Morgan fingerprint density at radius 1 is 1.19 bits per heavy atom. The van der Waals surface area contributed by atoms with Crippen LogP contribution in [0.2, 0.25) is 0 Å². The molecule has 0 fully saturated rings. The van der Waals surface area contributed by atoms with E-state index in [9.17, 15) is 8.42 Å². The molecule has 0 aromatic rings. The molecule has 1 unspecified atom stereocenters. The van der Waals surface area contributed by atoms with Gasteiger partial charge in [0.15, 0.2) is 0 Å². The summed E-state index contributed by atoms with van der Waals surface area (Å²) in [4.78, 5) is 0. The fourth-order valence-corrected chi connectivity index (χ4v) is 3.07. The van der Waals surface area contributed by atoms with Crippen molar-refractivity contribution in [2.45, 2.75) is 45.8 Å². The molecule has 0 aliphatic carbocycles. The van der Waals surface area contributed by atoms with Crippen LogP contribution in [0, 0.1) is 5.92 Å². The van der Waals surface area contributed by atoms with Crippen LogP contribution in [0.3, 0.4) is 0 Å². The molecule has 0 aliphatic heterocycles. The van der Waals surface area contributed by atoms with Crippen molar-refractivity contribution in [3.63, 3.8) is 0 Å². The van der Waals surface area contributed by atoms with Crippen LogP contribution in [0.4, 0.5) is 0 Å². The Morgan fingerprint density at radius 3 is 2.00 bits per heavy atom. The lowest BCUT2D eigenvalue weighted by atomic mass is 10.0. The standard InChI is InChI=1S/C11H25NO3S/c1-5-11(6-2)8-12(7-3)16(14,15)10(4)9-13/h10-11,13H,5-9H2,1-4H3. The molecule has 0 aromatic heterocycles. The van der Waals surface area contributed by atoms with Gasteiger partial charge in [0, 0.05) is 13.1 Å². The molecule has 4 nitrogen and oxygen atoms in total. The first-order chi connectivity index (χ1) is 7.43. The number of nitrogens with zero attached hydrogens (tertiary/aromatic N) is 1. The smallest absolute Gasteiger partial charge is 0.218 e. The van der Waals surface area contributed by atoms with Crippen LogP contribution in [0.5, 0.6) is 0 Å². The Hall–Kier alpha value is -0.130. The van der Waals surface area contributed by atoms with Crippen molar-refractivity contribution >= 4 is 10.0 Å². The van der Waals surface area contributed by atoms with Gasteiger partial charge in [-0.1, -0.05) is 33.6 Å². The molecule has 0 saturated carbocycles. The van der Waals surface area contributed by atoms with E-state index in [1.807, 2.05) is 6.92 Å². The predicted octanol–water partition coefficient (Wildman–Crippen LogP) is 1.46. The van der Waals surface area contributed by atoms with Crippen LogP contribution in [0.1, 0.15) is 40.5 Å². The average molecular weight is 251 g/mol. The van der Waals surface area contributed by atoms with E-state index in [-0.39, 0.29) is 6.61 Å². The molecule has 0 radical (unpaired) electrons. The summed E-state index contributed by atoms with van der Waals surface area (Å²) in [5.41, 5.74) is 0. The highest BCUT2D eigenvalue weighted by atomic mass is 32.2. The van der Waals surface area contributed by atoms with Crippen LogP contribution in [-0.4, -0.2) is 42.8 Å². The molecule has 0 aliphatic rings. The number of hydrogen-bond donors (Lipinski definition) is 1. The first kappa shape index (κ1) is 15.9. The van der Waals surface area contributed by atoms with Gasteiger partial charge < -0.3 is 5.11 Å². The molecule has 5 heteroatoms. The minimum Gasteiger partial charge on any atom is -0.395 e. The van der Waals surface area contributed by atoms with E-state index in [0.29, 0.717) is 19.0 Å². The highest BCUT2D eigenvalue weighted by Gasteiger charge is 2.28. The second kappa shape index (κ2) is 7.25. The van der Waals surface area contributed by atoms with Gasteiger partial charge in [-0.2, -0.15) is 0 Å². The molecule has 98 valence electrons. The second-order valence-corrected chi connectivity index (χ2v) is 6.52. The van der Waals surface area contributed by atoms with Crippen molar-refractivity contribution in [2.75, 3.05) is 19.7 Å². The topological polar surface area (TPSA) is 57.6 Å². The molecule has 16 heavy (non-hydrogen) atoms. The third-order valence-corrected chi connectivity index (χ3v) is 5.39. The monoisotopic (exact) mass is 251 g/mol. The quantitative estimate of drug-likeness (QED) is 0.710. The van der Waals surface area contributed by atoms with Gasteiger partial charge in [0.25, 0.3) is 0 Å². The Morgan fingerprint density at radius 2 is 1.69 bits per heavy atom. The predicted molar refractivity (Wildman–Crippen MR) is 66.8 cm³/mol. The molecule has 0 aromatic carbocycles. The van der Waals surface area contributed by atoms with E-state index < -0.39 is 15.3 Å². The van der Waals surface area contributed by atoms with E-state index in [1.165, 1.54) is 4.31 Å². The van der Waals surface area contributed by atoms with Gasteiger partial charge in [0.05, 0.1) is 11.9 Å². The molecule has 0 saturated heterocycles. The largest absolute Gasteiger partial charge is 0.395 e. The molecule has 0 bridgehead atoms.